The molecule has 1 heterocycles. The van der Waals surface area contributed by atoms with Crippen molar-refractivity contribution >= 4 is 27.7 Å². The fraction of sp³-hybridized carbons (Fsp3) is 0.200. The minimum absolute atomic E-state index is 0.00791. The van der Waals surface area contributed by atoms with Gasteiger partial charge in [0, 0.05) is 23.5 Å². The normalized spacial score (nSPS) is 9.13. The number of nitrogens with two attached hydrogens (primary N) is 1. The van der Waals surface area contributed by atoms with E-state index in [1.807, 2.05) is 0 Å². The summed E-state index contributed by atoms with van der Waals surface area (Å²) in [6.07, 6.45) is 2.16. The molecule has 0 atom stereocenters. The van der Waals surface area contributed by atoms with Crippen molar-refractivity contribution in [1.82, 2.24) is 4.98 Å². The van der Waals surface area contributed by atoms with Crippen LogP contribution in [-0.2, 0) is 0 Å². The Balaban J connectivity index is 2.99. The molecule has 1 rings (SSSR count). The number of nitrogens with zero attached hydrogens (tertiary/aromatic N) is 1. The van der Waals surface area contributed by atoms with E-state index >= 15 is 0 Å². The quantitative estimate of drug-likeness (QED) is 0.630. The topological polar surface area (TPSA) is 76.2 Å². The second kappa shape index (κ2) is 5.37. The molecule has 0 saturated carbocycles. The monoisotopic (exact) mass is 268 g/mol. The molecule has 0 spiro atoms. The third kappa shape index (κ3) is 3.26. The first-order valence-electron chi connectivity index (χ1n) is 4.19. The molecule has 0 bridgehead atoms. The average Bonchev–Trinajstić information content (AvgIpc) is 2.20. The lowest BCUT2D eigenvalue weighted by atomic mass is 10.2. The molecular weight excluding hydrogens is 260 g/mol. The SMILES string of the molecule is Nc1ncc(C#CCCBr)cc1C(=O)O. The van der Waals surface area contributed by atoms with E-state index in [9.17, 15) is 4.79 Å². The zero-order valence-corrected chi connectivity index (χ0v) is 9.41. The maximum absolute atomic E-state index is 10.7. The lowest BCUT2D eigenvalue weighted by Crippen LogP contribution is -2.04. The Bertz CT molecular complexity index is 435. The van der Waals surface area contributed by atoms with Gasteiger partial charge in [0.05, 0.1) is 0 Å². The van der Waals surface area contributed by atoms with Crippen LogP contribution in [0.2, 0.25) is 0 Å². The minimum Gasteiger partial charge on any atom is -0.478 e. The summed E-state index contributed by atoms with van der Waals surface area (Å²) in [7, 11) is 0. The molecule has 78 valence electrons. The summed E-state index contributed by atoms with van der Waals surface area (Å²) in [5, 5.41) is 9.57. The molecule has 4 nitrogen and oxygen atoms in total. The van der Waals surface area contributed by atoms with E-state index < -0.39 is 5.97 Å². The van der Waals surface area contributed by atoms with E-state index in [2.05, 4.69) is 32.8 Å². The number of nitrogen functional groups attached to an aromatic ring is 1. The molecule has 5 heteroatoms. The van der Waals surface area contributed by atoms with E-state index in [1.54, 1.807) is 0 Å². The van der Waals surface area contributed by atoms with E-state index in [0.29, 0.717) is 12.0 Å². The van der Waals surface area contributed by atoms with Gasteiger partial charge in [0.25, 0.3) is 0 Å². The zero-order valence-electron chi connectivity index (χ0n) is 7.83. The zero-order chi connectivity index (χ0) is 11.3. The molecule has 0 fully saturated rings. The van der Waals surface area contributed by atoms with E-state index in [1.165, 1.54) is 12.3 Å². The molecule has 0 aliphatic rings. The second-order valence-corrected chi connectivity index (χ2v) is 3.50. The smallest absolute Gasteiger partial charge is 0.339 e. The largest absolute Gasteiger partial charge is 0.478 e. The van der Waals surface area contributed by atoms with Crippen molar-refractivity contribution in [3.8, 4) is 11.8 Å². The van der Waals surface area contributed by atoms with Gasteiger partial charge in [-0.1, -0.05) is 27.8 Å². The number of pyridine rings is 1. The van der Waals surface area contributed by atoms with Crippen LogP contribution >= 0.6 is 15.9 Å². The molecule has 3 N–H and O–H groups in total. The first-order chi connectivity index (χ1) is 7.15. The van der Waals surface area contributed by atoms with Crippen LogP contribution in [0.5, 0.6) is 0 Å². The number of halogens is 1. The predicted octanol–water partition coefficient (Wildman–Crippen LogP) is 1.50. The number of aromatic nitrogens is 1. The Morgan fingerprint density at radius 2 is 2.40 bits per heavy atom. The number of carboxylic acid groups (broad SMARTS) is 1. The molecule has 0 amide bonds. The van der Waals surface area contributed by atoms with Gasteiger partial charge >= 0.3 is 5.97 Å². The summed E-state index contributed by atoms with van der Waals surface area (Å²) in [4.78, 5) is 14.5. The van der Waals surface area contributed by atoms with Crippen molar-refractivity contribution in [2.45, 2.75) is 6.42 Å². The van der Waals surface area contributed by atoms with Gasteiger partial charge in [0.2, 0.25) is 0 Å². The van der Waals surface area contributed by atoms with Crippen LogP contribution in [0.25, 0.3) is 0 Å². The lowest BCUT2D eigenvalue weighted by Gasteiger charge is -1.99. The summed E-state index contributed by atoms with van der Waals surface area (Å²) in [5.74, 6) is 4.59. The predicted molar refractivity (Wildman–Crippen MR) is 60.9 cm³/mol. The number of carbonyl (C=O) groups is 1. The number of anilines is 1. The highest BCUT2D eigenvalue weighted by Crippen LogP contribution is 2.09. The molecule has 0 saturated heterocycles. The van der Waals surface area contributed by atoms with Crippen LogP contribution in [0.4, 0.5) is 5.82 Å². The number of aromatic carboxylic acids is 1. The Hall–Kier alpha value is -1.54. The highest BCUT2D eigenvalue weighted by Gasteiger charge is 2.08. The van der Waals surface area contributed by atoms with Crippen LogP contribution in [0, 0.1) is 11.8 Å². The fourth-order valence-electron chi connectivity index (χ4n) is 0.927. The molecule has 0 aliphatic heterocycles. The Morgan fingerprint density at radius 1 is 1.67 bits per heavy atom. The van der Waals surface area contributed by atoms with E-state index in [0.717, 1.165) is 5.33 Å². The molecule has 1 aromatic heterocycles. The van der Waals surface area contributed by atoms with Crippen LogP contribution in [0.15, 0.2) is 12.3 Å². The van der Waals surface area contributed by atoms with Gasteiger partial charge in [-0.3, -0.25) is 0 Å². The molecule has 0 unspecified atom stereocenters. The second-order valence-electron chi connectivity index (χ2n) is 2.70. The highest BCUT2D eigenvalue weighted by atomic mass is 79.9. The first kappa shape index (κ1) is 11.5. The fourth-order valence-corrected chi connectivity index (χ4v) is 1.13. The van der Waals surface area contributed by atoms with Gasteiger partial charge in [-0.15, -0.1) is 0 Å². The summed E-state index contributed by atoms with van der Waals surface area (Å²) >= 11 is 3.24. The maximum atomic E-state index is 10.7. The van der Waals surface area contributed by atoms with Crippen molar-refractivity contribution in [2.24, 2.45) is 0 Å². The van der Waals surface area contributed by atoms with Crippen molar-refractivity contribution in [2.75, 3.05) is 11.1 Å². The third-order valence-corrected chi connectivity index (χ3v) is 2.00. The van der Waals surface area contributed by atoms with Crippen molar-refractivity contribution in [1.29, 1.82) is 0 Å². The molecule has 0 aliphatic carbocycles. The first-order valence-corrected chi connectivity index (χ1v) is 5.31. The van der Waals surface area contributed by atoms with Crippen molar-refractivity contribution < 1.29 is 9.90 Å². The van der Waals surface area contributed by atoms with Gasteiger partial charge in [-0.2, -0.15) is 0 Å². The summed E-state index contributed by atoms with van der Waals surface area (Å²) in [6, 6.07) is 1.42. The van der Waals surface area contributed by atoms with Crippen molar-refractivity contribution in [3.05, 3.63) is 23.4 Å². The van der Waals surface area contributed by atoms with E-state index in [-0.39, 0.29) is 11.4 Å². The van der Waals surface area contributed by atoms with Crippen LogP contribution in [0.3, 0.4) is 0 Å². The highest BCUT2D eigenvalue weighted by molar-refractivity contribution is 9.09. The van der Waals surface area contributed by atoms with Gasteiger partial charge in [0.1, 0.15) is 11.4 Å². The molecule has 1 aromatic rings. The summed E-state index contributed by atoms with van der Waals surface area (Å²) in [6.45, 7) is 0. The van der Waals surface area contributed by atoms with Crippen LogP contribution in [-0.4, -0.2) is 21.4 Å². The maximum Gasteiger partial charge on any atom is 0.339 e. The number of hydrogen-bond donors (Lipinski definition) is 2. The van der Waals surface area contributed by atoms with Crippen LogP contribution in [0.1, 0.15) is 22.3 Å². The van der Waals surface area contributed by atoms with Gasteiger partial charge in [-0.05, 0) is 6.07 Å². The Morgan fingerprint density at radius 3 is 3.00 bits per heavy atom. The van der Waals surface area contributed by atoms with E-state index in [4.69, 9.17) is 10.8 Å². The molecule has 15 heavy (non-hydrogen) atoms. The van der Waals surface area contributed by atoms with Crippen LogP contribution < -0.4 is 5.73 Å². The molecule has 0 aromatic carbocycles. The lowest BCUT2D eigenvalue weighted by molar-refractivity contribution is 0.0697. The number of alkyl halides is 1. The van der Waals surface area contributed by atoms with Crippen molar-refractivity contribution in [3.63, 3.8) is 0 Å². The Kier molecular flexibility index (Phi) is 4.13. The minimum atomic E-state index is -1.09. The Labute approximate surface area is 95.6 Å². The van der Waals surface area contributed by atoms with Gasteiger partial charge < -0.3 is 10.8 Å². The van der Waals surface area contributed by atoms with Gasteiger partial charge in [0.15, 0.2) is 0 Å². The number of hydrogen-bond acceptors (Lipinski definition) is 3. The summed E-state index contributed by atoms with van der Waals surface area (Å²) < 4.78 is 0. The number of rotatable bonds is 2. The molecule has 0 radical (unpaired) electrons. The third-order valence-electron chi connectivity index (χ3n) is 1.60. The van der Waals surface area contributed by atoms with Gasteiger partial charge in [-0.25, -0.2) is 9.78 Å². The molecular formula is C10H9BrN2O2. The summed E-state index contributed by atoms with van der Waals surface area (Å²) in [5.41, 5.74) is 5.94. The standard InChI is InChI=1S/C10H9BrN2O2/c11-4-2-1-3-7-5-8(10(14)15)9(12)13-6-7/h5-6H,2,4H2,(H2,12,13)(H,14,15). The average molecular weight is 269 g/mol. The number of carboxylic acids is 1.